The lowest BCUT2D eigenvalue weighted by atomic mass is 10.1. The first-order valence-corrected chi connectivity index (χ1v) is 7.44. The Hall–Kier alpha value is -1.79. The van der Waals surface area contributed by atoms with Gasteiger partial charge in [0.1, 0.15) is 11.5 Å². The standard InChI is InChI=1S/C14H16N2O3S/c17-9-3-4-11(13(18)6-9)12-8-20-14(16-12)15-7-10-2-1-5-19-10/h3-4,6,8,10,17-18H,1-2,5,7H2,(H,15,16)/t10-/m0/s1. The number of anilines is 1. The summed E-state index contributed by atoms with van der Waals surface area (Å²) in [4.78, 5) is 4.44. The van der Waals surface area contributed by atoms with E-state index in [4.69, 9.17) is 4.74 Å². The number of phenolic OH excluding ortho intramolecular Hbond substituents is 2. The lowest BCUT2D eigenvalue weighted by Crippen LogP contribution is -2.18. The van der Waals surface area contributed by atoms with Crippen molar-refractivity contribution in [2.45, 2.75) is 18.9 Å². The van der Waals surface area contributed by atoms with Crippen LogP contribution in [0.25, 0.3) is 11.3 Å². The van der Waals surface area contributed by atoms with Crippen molar-refractivity contribution in [1.29, 1.82) is 0 Å². The van der Waals surface area contributed by atoms with Gasteiger partial charge in [-0.05, 0) is 25.0 Å². The number of phenols is 2. The monoisotopic (exact) mass is 292 g/mol. The maximum absolute atomic E-state index is 9.82. The third-order valence-electron chi connectivity index (χ3n) is 3.27. The first-order chi connectivity index (χ1) is 9.72. The smallest absolute Gasteiger partial charge is 0.183 e. The number of nitrogens with zero attached hydrogens (tertiary/aromatic N) is 1. The van der Waals surface area contributed by atoms with Gasteiger partial charge in [0, 0.05) is 30.2 Å². The second-order valence-electron chi connectivity index (χ2n) is 4.76. The molecule has 20 heavy (non-hydrogen) atoms. The van der Waals surface area contributed by atoms with Gasteiger partial charge in [-0.3, -0.25) is 0 Å². The van der Waals surface area contributed by atoms with E-state index in [1.165, 1.54) is 23.5 Å². The normalized spacial score (nSPS) is 18.3. The van der Waals surface area contributed by atoms with Crippen molar-refractivity contribution >= 4 is 16.5 Å². The number of hydrogen-bond acceptors (Lipinski definition) is 6. The van der Waals surface area contributed by atoms with Crippen molar-refractivity contribution < 1.29 is 14.9 Å². The molecule has 106 valence electrons. The largest absolute Gasteiger partial charge is 0.508 e. The quantitative estimate of drug-likeness (QED) is 0.808. The third-order valence-corrected chi connectivity index (χ3v) is 4.07. The maximum Gasteiger partial charge on any atom is 0.183 e. The first-order valence-electron chi connectivity index (χ1n) is 6.56. The first kappa shape index (κ1) is 13.2. The van der Waals surface area contributed by atoms with E-state index in [0.717, 1.165) is 31.1 Å². The molecule has 1 fully saturated rings. The fourth-order valence-electron chi connectivity index (χ4n) is 2.22. The Kier molecular flexibility index (Phi) is 3.75. The molecule has 1 atom stereocenters. The Balaban J connectivity index is 1.69. The Bertz CT molecular complexity index is 594. The van der Waals surface area contributed by atoms with Crippen molar-refractivity contribution in [3.05, 3.63) is 23.6 Å². The summed E-state index contributed by atoms with van der Waals surface area (Å²) in [7, 11) is 0. The molecule has 0 spiro atoms. The second-order valence-corrected chi connectivity index (χ2v) is 5.61. The van der Waals surface area contributed by atoms with Crippen LogP contribution in [-0.4, -0.2) is 34.5 Å². The van der Waals surface area contributed by atoms with Crippen LogP contribution in [0.4, 0.5) is 5.13 Å². The predicted octanol–water partition coefficient (Wildman–Crippen LogP) is 2.81. The number of ether oxygens (including phenoxy) is 1. The summed E-state index contributed by atoms with van der Waals surface area (Å²) in [5, 5.41) is 25.1. The van der Waals surface area contributed by atoms with Crippen LogP contribution in [0.15, 0.2) is 23.6 Å². The number of thiazole rings is 1. The zero-order valence-corrected chi connectivity index (χ0v) is 11.7. The highest BCUT2D eigenvalue weighted by Crippen LogP contribution is 2.33. The topological polar surface area (TPSA) is 74.6 Å². The molecule has 3 rings (SSSR count). The molecule has 1 aliphatic heterocycles. The molecule has 1 aliphatic rings. The SMILES string of the molecule is Oc1ccc(-c2csc(NC[C@@H]3CCCO3)n2)c(O)c1. The molecule has 0 saturated carbocycles. The second kappa shape index (κ2) is 5.68. The lowest BCUT2D eigenvalue weighted by Gasteiger charge is -2.09. The van der Waals surface area contributed by atoms with Gasteiger partial charge in [0.05, 0.1) is 11.8 Å². The molecule has 3 N–H and O–H groups in total. The summed E-state index contributed by atoms with van der Waals surface area (Å²) in [6.07, 6.45) is 2.48. The van der Waals surface area contributed by atoms with Crippen molar-refractivity contribution in [3.63, 3.8) is 0 Å². The highest BCUT2D eigenvalue weighted by atomic mass is 32.1. The molecule has 5 nitrogen and oxygen atoms in total. The molecule has 1 aromatic carbocycles. The molecule has 1 aromatic heterocycles. The summed E-state index contributed by atoms with van der Waals surface area (Å²) in [6, 6.07) is 4.51. The minimum absolute atomic E-state index is 0.0287. The van der Waals surface area contributed by atoms with E-state index < -0.39 is 0 Å². The molecular formula is C14H16N2O3S. The minimum Gasteiger partial charge on any atom is -0.508 e. The van der Waals surface area contributed by atoms with Gasteiger partial charge in [0.25, 0.3) is 0 Å². The fourth-order valence-corrected chi connectivity index (χ4v) is 2.94. The van der Waals surface area contributed by atoms with Crippen molar-refractivity contribution in [3.8, 4) is 22.8 Å². The van der Waals surface area contributed by atoms with Crippen molar-refractivity contribution in [1.82, 2.24) is 4.98 Å². The van der Waals surface area contributed by atoms with E-state index in [2.05, 4.69) is 10.3 Å². The van der Waals surface area contributed by atoms with Crippen LogP contribution >= 0.6 is 11.3 Å². The molecule has 2 aromatic rings. The van der Waals surface area contributed by atoms with E-state index in [9.17, 15) is 10.2 Å². The molecule has 0 unspecified atom stereocenters. The van der Waals surface area contributed by atoms with E-state index in [-0.39, 0.29) is 17.6 Å². The third kappa shape index (κ3) is 2.86. The van der Waals surface area contributed by atoms with Gasteiger partial charge < -0.3 is 20.3 Å². The molecule has 2 heterocycles. The van der Waals surface area contributed by atoms with Gasteiger partial charge in [0.2, 0.25) is 0 Å². The summed E-state index contributed by atoms with van der Waals surface area (Å²) in [5.41, 5.74) is 1.31. The van der Waals surface area contributed by atoms with Gasteiger partial charge in [-0.15, -0.1) is 11.3 Å². The Morgan fingerprint density at radius 1 is 1.40 bits per heavy atom. The Labute approximate surface area is 120 Å². The minimum atomic E-state index is 0.0287. The Morgan fingerprint density at radius 3 is 3.05 bits per heavy atom. The molecule has 0 bridgehead atoms. The molecule has 0 aliphatic carbocycles. The van der Waals surface area contributed by atoms with Crippen LogP contribution in [0, 0.1) is 0 Å². The number of hydrogen-bond donors (Lipinski definition) is 3. The number of aromatic hydroxyl groups is 2. The van der Waals surface area contributed by atoms with Crippen molar-refractivity contribution in [2.24, 2.45) is 0 Å². The predicted molar refractivity (Wildman–Crippen MR) is 78.3 cm³/mol. The molecule has 1 saturated heterocycles. The van der Waals surface area contributed by atoms with Gasteiger partial charge in [0.15, 0.2) is 5.13 Å². The average molecular weight is 292 g/mol. The zero-order valence-electron chi connectivity index (χ0n) is 10.9. The highest BCUT2D eigenvalue weighted by molar-refractivity contribution is 7.14. The maximum atomic E-state index is 9.82. The molecule has 0 amide bonds. The highest BCUT2D eigenvalue weighted by Gasteiger charge is 2.16. The summed E-state index contributed by atoms with van der Waals surface area (Å²) in [6.45, 7) is 1.60. The number of aromatic nitrogens is 1. The van der Waals surface area contributed by atoms with E-state index in [1.54, 1.807) is 6.07 Å². The van der Waals surface area contributed by atoms with Gasteiger partial charge >= 0.3 is 0 Å². The van der Waals surface area contributed by atoms with E-state index >= 15 is 0 Å². The molecule has 6 heteroatoms. The number of benzene rings is 1. The van der Waals surface area contributed by atoms with Crippen LogP contribution in [0.1, 0.15) is 12.8 Å². The molecular weight excluding hydrogens is 276 g/mol. The van der Waals surface area contributed by atoms with E-state index in [0.29, 0.717) is 11.3 Å². The van der Waals surface area contributed by atoms with Crippen LogP contribution in [0.2, 0.25) is 0 Å². The van der Waals surface area contributed by atoms with E-state index in [1.807, 2.05) is 5.38 Å². The lowest BCUT2D eigenvalue weighted by molar-refractivity contribution is 0.120. The zero-order chi connectivity index (χ0) is 13.9. The summed E-state index contributed by atoms with van der Waals surface area (Å²) < 4.78 is 5.54. The van der Waals surface area contributed by atoms with Crippen LogP contribution in [-0.2, 0) is 4.74 Å². The van der Waals surface area contributed by atoms with Crippen LogP contribution < -0.4 is 5.32 Å². The number of rotatable bonds is 4. The average Bonchev–Trinajstić information content (AvgIpc) is 3.07. The van der Waals surface area contributed by atoms with Crippen LogP contribution in [0.5, 0.6) is 11.5 Å². The molecule has 0 radical (unpaired) electrons. The summed E-state index contributed by atoms with van der Waals surface area (Å²) >= 11 is 1.49. The van der Waals surface area contributed by atoms with Gasteiger partial charge in [-0.1, -0.05) is 0 Å². The number of nitrogens with one attached hydrogen (secondary N) is 1. The van der Waals surface area contributed by atoms with Gasteiger partial charge in [-0.25, -0.2) is 4.98 Å². The van der Waals surface area contributed by atoms with Gasteiger partial charge in [-0.2, -0.15) is 0 Å². The van der Waals surface area contributed by atoms with Crippen LogP contribution in [0.3, 0.4) is 0 Å². The van der Waals surface area contributed by atoms with Crippen molar-refractivity contribution in [2.75, 3.05) is 18.5 Å². The summed E-state index contributed by atoms with van der Waals surface area (Å²) in [5.74, 6) is 0.0687. The Morgan fingerprint density at radius 2 is 2.30 bits per heavy atom. The fraction of sp³-hybridized carbons (Fsp3) is 0.357.